The minimum Gasteiger partial charge on any atom is -0.478 e. The van der Waals surface area contributed by atoms with Crippen molar-refractivity contribution in [3.8, 4) is 0 Å². The molecule has 5 heteroatoms. The largest absolute Gasteiger partial charge is 0.478 e. The van der Waals surface area contributed by atoms with E-state index in [4.69, 9.17) is 4.74 Å². The van der Waals surface area contributed by atoms with Crippen LogP contribution in [-0.2, 0) is 11.2 Å². The summed E-state index contributed by atoms with van der Waals surface area (Å²) in [7, 11) is 0. The molecular weight excluding hydrogens is 359 g/mol. The fourth-order valence-corrected chi connectivity index (χ4v) is 2.56. The van der Waals surface area contributed by atoms with Crippen molar-refractivity contribution >= 4 is 34.5 Å². The highest BCUT2D eigenvalue weighted by molar-refractivity contribution is 14.1. The molecular formula is C14H17IO4. The molecule has 0 fully saturated rings. The van der Waals surface area contributed by atoms with Crippen molar-refractivity contribution in [2.75, 3.05) is 6.61 Å². The number of unbranched alkanes of at least 4 members (excludes halogenated alkanes) is 1. The Balaban J connectivity index is 3.32. The highest BCUT2D eigenvalue weighted by Crippen LogP contribution is 2.24. The van der Waals surface area contributed by atoms with Crippen LogP contribution in [0, 0.1) is 3.57 Å². The number of halogens is 1. The summed E-state index contributed by atoms with van der Waals surface area (Å²) in [5, 5.41) is 9.38. The summed E-state index contributed by atoms with van der Waals surface area (Å²) in [6, 6.07) is 3.29. The molecule has 1 N–H and O–H groups in total. The Kier molecular flexibility index (Phi) is 6.27. The highest BCUT2D eigenvalue weighted by atomic mass is 127. The van der Waals surface area contributed by atoms with Gasteiger partial charge in [0, 0.05) is 3.57 Å². The lowest BCUT2D eigenvalue weighted by Gasteiger charge is -2.12. The molecule has 1 rings (SSSR count). The second kappa shape index (κ2) is 7.47. The summed E-state index contributed by atoms with van der Waals surface area (Å²) in [5.74, 6) is -1.65. The maximum atomic E-state index is 11.8. The van der Waals surface area contributed by atoms with E-state index in [9.17, 15) is 14.7 Å². The molecule has 0 bridgehead atoms. The van der Waals surface area contributed by atoms with E-state index in [2.05, 4.69) is 22.6 Å². The van der Waals surface area contributed by atoms with Crippen molar-refractivity contribution in [3.63, 3.8) is 0 Å². The first-order valence-corrected chi connectivity index (χ1v) is 7.32. The fourth-order valence-electron chi connectivity index (χ4n) is 1.84. The van der Waals surface area contributed by atoms with Crippen molar-refractivity contribution in [1.82, 2.24) is 0 Å². The van der Waals surface area contributed by atoms with Crippen LogP contribution in [0.25, 0.3) is 0 Å². The number of carboxylic acid groups (broad SMARTS) is 1. The van der Waals surface area contributed by atoms with Gasteiger partial charge in [0.2, 0.25) is 0 Å². The third-order valence-corrected chi connectivity index (χ3v) is 3.76. The minimum atomic E-state index is -1.08. The molecule has 0 saturated heterocycles. The van der Waals surface area contributed by atoms with Crippen molar-refractivity contribution in [1.29, 1.82) is 0 Å². The summed E-state index contributed by atoms with van der Waals surface area (Å²) >= 11 is 2.11. The minimum absolute atomic E-state index is 0.0822. The Morgan fingerprint density at radius 2 is 2.00 bits per heavy atom. The number of benzene rings is 1. The number of carboxylic acids is 1. The highest BCUT2D eigenvalue weighted by Gasteiger charge is 2.22. The van der Waals surface area contributed by atoms with Gasteiger partial charge in [0.05, 0.1) is 17.7 Å². The average Bonchev–Trinajstić information content (AvgIpc) is 2.36. The number of hydrogen-bond acceptors (Lipinski definition) is 3. The van der Waals surface area contributed by atoms with E-state index in [0.29, 0.717) is 6.42 Å². The van der Waals surface area contributed by atoms with Crippen molar-refractivity contribution in [3.05, 3.63) is 32.4 Å². The Hall–Kier alpha value is -1.11. The number of ether oxygens (including phenoxy) is 1. The van der Waals surface area contributed by atoms with E-state index in [0.717, 1.165) is 22.0 Å². The summed E-state index contributed by atoms with van der Waals surface area (Å²) in [5.41, 5.74) is 0.945. The Labute approximate surface area is 126 Å². The molecule has 0 heterocycles. The van der Waals surface area contributed by atoms with Gasteiger partial charge in [-0.2, -0.15) is 0 Å². The van der Waals surface area contributed by atoms with Gasteiger partial charge in [0.25, 0.3) is 0 Å². The quantitative estimate of drug-likeness (QED) is 0.610. The molecule has 0 radical (unpaired) electrons. The lowest BCUT2D eigenvalue weighted by atomic mass is 9.97. The van der Waals surface area contributed by atoms with Crippen LogP contribution in [0.4, 0.5) is 0 Å². The molecule has 0 aromatic heterocycles. The SMILES string of the molecule is CCCCc1c(I)ccc(C(=O)OCC)c1C(=O)O. The van der Waals surface area contributed by atoms with E-state index in [1.807, 2.05) is 6.92 Å². The molecule has 19 heavy (non-hydrogen) atoms. The van der Waals surface area contributed by atoms with Crippen LogP contribution in [0.2, 0.25) is 0 Å². The molecule has 0 amide bonds. The van der Waals surface area contributed by atoms with Crippen LogP contribution in [-0.4, -0.2) is 23.7 Å². The number of rotatable bonds is 6. The van der Waals surface area contributed by atoms with Gasteiger partial charge in [-0.05, 0) is 60.1 Å². The summed E-state index contributed by atoms with van der Waals surface area (Å²) in [6.07, 6.45) is 2.52. The van der Waals surface area contributed by atoms with E-state index >= 15 is 0 Å². The molecule has 0 aliphatic carbocycles. The van der Waals surface area contributed by atoms with E-state index in [-0.39, 0.29) is 17.7 Å². The molecule has 1 aromatic carbocycles. The Morgan fingerprint density at radius 1 is 1.32 bits per heavy atom. The number of esters is 1. The number of carbonyl (C=O) groups is 2. The molecule has 0 spiro atoms. The van der Waals surface area contributed by atoms with Gasteiger partial charge in [-0.3, -0.25) is 0 Å². The van der Waals surface area contributed by atoms with Crippen molar-refractivity contribution < 1.29 is 19.4 Å². The summed E-state index contributed by atoms with van der Waals surface area (Å²) < 4.78 is 5.79. The maximum absolute atomic E-state index is 11.8. The van der Waals surface area contributed by atoms with E-state index in [1.54, 1.807) is 13.0 Å². The molecule has 0 atom stereocenters. The monoisotopic (exact) mass is 376 g/mol. The number of carbonyl (C=O) groups excluding carboxylic acids is 1. The standard InChI is InChI=1S/C14H17IO4/c1-3-5-6-9-11(15)8-7-10(12(9)13(16)17)14(18)19-4-2/h7-8H,3-6H2,1-2H3,(H,16,17). The molecule has 104 valence electrons. The fraction of sp³-hybridized carbons (Fsp3) is 0.429. The second-order valence-electron chi connectivity index (χ2n) is 4.08. The van der Waals surface area contributed by atoms with Crippen molar-refractivity contribution in [2.24, 2.45) is 0 Å². The zero-order valence-corrected chi connectivity index (χ0v) is 13.2. The van der Waals surface area contributed by atoms with Crippen LogP contribution in [0.3, 0.4) is 0 Å². The van der Waals surface area contributed by atoms with Gasteiger partial charge in [0.1, 0.15) is 0 Å². The average molecular weight is 376 g/mol. The van der Waals surface area contributed by atoms with E-state index in [1.165, 1.54) is 6.07 Å². The van der Waals surface area contributed by atoms with Crippen LogP contribution < -0.4 is 0 Å². The number of hydrogen-bond donors (Lipinski definition) is 1. The van der Waals surface area contributed by atoms with Gasteiger partial charge in [-0.1, -0.05) is 13.3 Å². The Morgan fingerprint density at radius 3 is 2.53 bits per heavy atom. The number of aromatic carboxylic acids is 1. The third-order valence-electron chi connectivity index (χ3n) is 2.75. The molecule has 0 aliphatic heterocycles. The topological polar surface area (TPSA) is 63.6 Å². The van der Waals surface area contributed by atoms with Gasteiger partial charge < -0.3 is 9.84 Å². The first kappa shape index (κ1) is 15.9. The first-order valence-electron chi connectivity index (χ1n) is 6.24. The zero-order chi connectivity index (χ0) is 14.4. The maximum Gasteiger partial charge on any atom is 0.339 e. The van der Waals surface area contributed by atoms with Crippen molar-refractivity contribution in [2.45, 2.75) is 33.1 Å². The molecule has 1 aromatic rings. The van der Waals surface area contributed by atoms with Gasteiger partial charge in [-0.25, -0.2) is 9.59 Å². The molecule has 4 nitrogen and oxygen atoms in total. The zero-order valence-electron chi connectivity index (χ0n) is 11.0. The predicted octanol–water partition coefficient (Wildman–Crippen LogP) is 3.51. The van der Waals surface area contributed by atoms with Gasteiger partial charge in [0.15, 0.2) is 0 Å². The third kappa shape index (κ3) is 3.92. The van der Waals surface area contributed by atoms with Crippen LogP contribution in [0.15, 0.2) is 12.1 Å². The lowest BCUT2D eigenvalue weighted by molar-refractivity contribution is 0.0514. The predicted molar refractivity (Wildman–Crippen MR) is 80.7 cm³/mol. The van der Waals surface area contributed by atoms with Crippen LogP contribution >= 0.6 is 22.6 Å². The Bertz CT molecular complexity index is 483. The van der Waals surface area contributed by atoms with Gasteiger partial charge >= 0.3 is 11.9 Å². The summed E-state index contributed by atoms with van der Waals surface area (Å²) in [6.45, 7) is 3.97. The normalized spacial score (nSPS) is 10.3. The molecule has 0 saturated carbocycles. The van der Waals surface area contributed by atoms with Crippen LogP contribution in [0.1, 0.15) is 53.0 Å². The molecule has 0 unspecified atom stereocenters. The first-order chi connectivity index (χ1) is 9.02. The van der Waals surface area contributed by atoms with Gasteiger partial charge in [-0.15, -0.1) is 0 Å². The second-order valence-corrected chi connectivity index (χ2v) is 5.24. The van der Waals surface area contributed by atoms with E-state index < -0.39 is 11.9 Å². The molecule has 0 aliphatic rings. The lowest BCUT2D eigenvalue weighted by Crippen LogP contribution is -2.15. The van der Waals surface area contributed by atoms with Crippen LogP contribution in [0.5, 0.6) is 0 Å². The summed E-state index contributed by atoms with van der Waals surface area (Å²) in [4.78, 5) is 23.3. The smallest absolute Gasteiger partial charge is 0.339 e.